The minimum atomic E-state index is -0.814. The molecular formula is C23H23N3O7. The number of ether oxygens (including phenoxy) is 3. The predicted octanol–water partition coefficient (Wildman–Crippen LogP) is 2.29. The first-order valence-corrected chi connectivity index (χ1v) is 9.90. The van der Waals surface area contributed by atoms with Crippen LogP contribution in [0.2, 0.25) is 0 Å². The predicted molar refractivity (Wildman–Crippen MR) is 117 cm³/mol. The Kier molecular flexibility index (Phi) is 7.29. The average molecular weight is 453 g/mol. The van der Waals surface area contributed by atoms with Crippen molar-refractivity contribution in [3.8, 4) is 5.75 Å². The lowest BCUT2D eigenvalue weighted by Crippen LogP contribution is -2.46. The fourth-order valence-corrected chi connectivity index (χ4v) is 3.30. The number of allylic oxidation sites excluding steroid dienone is 1. The number of esters is 2. The number of carbonyl (C=O) groups is 4. The van der Waals surface area contributed by atoms with Gasteiger partial charge in [0.2, 0.25) is 0 Å². The van der Waals surface area contributed by atoms with Gasteiger partial charge in [-0.3, -0.25) is 4.79 Å². The maximum atomic E-state index is 13.3. The Hall–Kier alpha value is -4.34. The molecule has 1 unspecified atom stereocenters. The van der Waals surface area contributed by atoms with Gasteiger partial charge in [-0.05, 0) is 36.8 Å². The number of benzene rings is 2. The van der Waals surface area contributed by atoms with E-state index in [1.807, 2.05) is 0 Å². The third-order valence-corrected chi connectivity index (χ3v) is 4.87. The number of carbonyl (C=O) groups excluding carboxylic acids is 4. The number of urea groups is 1. The van der Waals surface area contributed by atoms with E-state index in [4.69, 9.17) is 9.47 Å². The zero-order chi connectivity index (χ0) is 24.0. The molecule has 3 amide bonds. The Morgan fingerprint density at radius 1 is 1.03 bits per heavy atom. The highest BCUT2D eigenvalue weighted by Crippen LogP contribution is 2.30. The Labute approximate surface area is 189 Å². The second-order valence-corrected chi connectivity index (χ2v) is 7.00. The molecule has 10 heteroatoms. The maximum Gasteiger partial charge on any atom is 0.343 e. The lowest BCUT2D eigenvalue weighted by Gasteiger charge is -2.29. The Morgan fingerprint density at radius 3 is 2.52 bits per heavy atom. The molecule has 1 aliphatic rings. The molecule has 1 heterocycles. The van der Waals surface area contributed by atoms with Gasteiger partial charge >= 0.3 is 18.0 Å². The molecule has 0 saturated heterocycles. The van der Waals surface area contributed by atoms with E-state index in [1.165, 1.54) is 20.3 Å². The van der Waals surface area contributed by atoms with Crippen LogP contribution in [-0.4, -0.2) is 44.7 Å². The summed E-state index contributed by atoms with van der Waals surface area (Å²) >= 11 is 0. The van der Waals surface area contributed by atoms with Gasteiger partial charge in [-0.15, -0.1) is 0 Å². The molecule has 0 fully saturated rings. The van der Waals surface area contributed by atoms with Crippen molar-refractivity contribution in [2.75, 3.05) is 26.1 Å². The summed E-state index contributed by atoms with van der Waals surface area (Å²) in [5.74, 6) is -1.31. The fraction of sp³-hybridized carbons (Fsp3) is 0.217. The second kappa shape index (κ2) is 10.3. The number of hydrogen-bond acceptors (Lipinski definition) is 7. The van der Waals surface area contributed by atoms with Gasteiger partial charge in [0.25, 0.3) is 5.91 Å². The van der Waals surface area contributed by atoms with Gasteiger partial charge in [0.05, 0.1) is 37.1 Å². The summed E-state index contributed by atoms with van der Waals surface area (Å²) in [6.07, 6.45) is 0. The van der Waals surface area contributed by atoms with Gasteiger partial charge in [-0.25, -0.2) is 14.4 Å². The third-order valence-electron chi connectivity index (χ3n) is 4.87. The number of amides is 3. The van der Waals surface area contributed by atoms with Crippen molar-refractivity contribution in [1.82, 2.24) is 10.6 Å². The molecule has 0 saturated carbocycles. The lowest BCUT2D eigenvalue weighted by atomic mass is 9.94. The zero-order valence-corrected chi connectivity index (χ0v) is 18.3. The van der Waals surface area contributed by atoms with Gasteiger partial charge in [0.15, 0.2) is 6.61 Å². The van der Waals surface area contributed by atoms with Crippen LogP contribution in [0.4, 0.5) is 10.5 Å². The van der Waals surface area contributed by atoms with E-state index < -0.39 is 29.9 Å². The van der Waals surface area contributed by atoms with Gasteiger partial charge in [-0.2, -0.15) is 0 Å². The number of rotatable bonds is 7. The van der Waals surface area contributed by atoms with Crippen LogP contribution in [-0.2, 0) is 19.1 Å². The van der Waals surface area contributed by atoms with Crippen molar-refractivity contribution >= 4 is 29.6 Å². The molecule has 1 atom stereocenters. The SMILES string of the molecule is COC(=O)COc1cccc(C2NC(=O)NC(C)=C2C(=O)Nc2ccccc2C(=O)OC)c1. The van der Waals surface area contributed by atoms with Crippen LogP contribution in [0.25, 0.3) is 0 Å². The molecule has 3 N–H and O–H groups in total. The summed E-state index contributed by atoms with van der Waals surface area (Å²) in [7, 11) is 2.50. The number of anilines is 1. The number of hydrogen-bond donors (Lipinski definition) is 3. The van der Waals surface area contributed by atoms with E-state index in [0.29, 0.717) is 17.0 Å². The van der Waals surface area contributed by atoms with Crippen LogP contribution in [0.1, 0.15) is 28.9 Å². The van der Waals surface area contributed by atoms with E-state index >= 15 is 0 Å². The van der Waals surface area contributed by atoms with E-state index in [0.717, 1.165) is 0 Å². The average Bonchev–Trinajstić information content (AvgIpc) is 2.81. The van der Waals surface area contributed by atoms with Crippen LogP contribution in [0.15, 0.2) is 59.8 Å². The highest BCUT2D eigenvalue weighted by Gasteiger charge is 2.32. The molecule has 2 aromatic rings. The van der Waals surface area contributed by atoms with E-state index in [9.17, 15) is 19.2 Å². The van der Waals surface area contributed by atoms with E-state index in [2.05, 4.69) is 20.7 Å². The first kappa shape index (κ1) is 23.3. The summed E-state index contributed by atoms with van der Waals surface area (Å²) in [6.45, 7) is 1.32. The van der Waals surface area contributed by atoms with Crippen molar-refractivity contribution in [1.29, 1.82) is 0 Å². The smallest absolute Gasteiger partial charge is 0.343 e. The highest BCUT2D eigenvalue weighted by atomic mass is 16.6. The molecule has 0 radical (unpaired) electrons. The zero-order valence-electron chi connectivity index (χ0n) is 18.3. The number of nitrogens with one attached hydrogen (secondary N) is 3. The summed E-state index contributed by atoms with van der Waals surface area (Å²) in [6, 6.07) is 11.8. The lowest BCUT2D eigenvalue weighted by molar-refractivity contribution is -0.142. The van der Waals surface area contributed by atoms with E-state index in [1.54, 1.807) is 49.4 Å². The summed E-state index contributed by atoms with van der Waals surface area (Å²) in [4.78, 5) is 48.8. The van der Waals surface area contributed by atoms with Crippen molar-refractivity contribution in [2.45, 2.75) is 13.0 Å². The summed E-state index contributed by atoms with van der Waals surface area (Å²) < 4.78 is 14.8. The molecule has 33 heavy (non-hydrogen) atoms. The molecule has 2 aromatic carbocycles. The molecule has 0 aromatic heterocycles. The Morgan fingerprint density at radius 2 is 1.79 bits per heavy atom. The molecule has 0 aliphatic carbocycles. The molecule has 1 aliphatic heterocycles. The molecule has 0 spiro atoms. The third kappa shape index (κ3) is 5.48. The highest BCUT2D eigenvalue weighted by molar-refractivity contribution is 6.09. The first-order chi connectivity index (χ1) is 15.8. The second-order valence-electron chi connectivity index (χ2n) is 7.00. The molecule has 172 valence electrons. The molecular weight excluding hydrogens is 430 g/mol. The Bertz CT molecular complexity index is 1130. The van der Waals surface area contributed by atoms with Crippen LogP contribution in [0.5, 0.6) is 5.75 Å². The van der Waals surface area contributed by atoms with E-state index in [-0.39, 0.29) is 23.4 Å². The van der Waals surface area contributed by atoms with Crippen molar-refractivity contribution in [3.63, 3.8) is 0 Å². The number of methoxy groups -OCH3 is 2. The quantitative estimate of drug-likeness (QED) is 0.548. The normalized spacial score (nSPS) is 15.1. The van der Waals surface area contributed by atoms with Crippen LogP contribution in [0, 0.1) is 0 Å². The number of para-hydroxylation sites is 1. The minimum absolute atomic E-state index is 0.189. The van der Waals surface area contributed by atoms with Crippen LogP contribution in [0.3, 0.4) is 0 Å². The Balaban J connectivity index is 1.91. The maximum absolute atomic E-state index is 13.3. The molecule has 0 bridgehead atoms. The summed E-state index contributed by atoms with van der Waals surface area (Å²) in [5.41, 5.74) is 1.59. The van der Waals surface area contributed by atoms with Crippen molar-refractivity contribution < 1.29 is 33.4 Å². The van der Waals surface area contributed by atoms with Crippen molar-refractivity contribution in [3.05, 3.63) is 70.9 Å². The topological polar surface area (TPSA) is 132 Å². The van der Waals surface area contributed by atoms with Crippen LogP contribution < -0.4 is 20.7 Å². The van der Waals surface area contributed by atoms with Crippen molar-refractivity contribution in [2.24, 2.45) is 0 Å². The summed E-state index contributed by atoms with van der Waals surface area (Å²) in [5, 5.41) is 8.04. The van der Waals surface area contributed by atoms with Crippen LogP contribution >= 0.6 is 0 Å². The van der Waals surface area contributed by atoms with Gasteiger partial charge < -0.3 is 30.2 Å². The minimum Gasteiger partial charge on any atom is -0.482 e. The van der Waals surface area contributed by atoms with Gasteiger partial charge in [0, 0.05) is 5.70 Å². The van der Waals surface area contributed by atoms with Gasteiger partial charge in [-0.1, -0.05) is 24.3 Å². The monoisotopic (exact) mass is 453 g/mol. The van der Waals surface area contributed by atoms with Gasteiger partial charge in [0.1, 0.15) is 5.75 Å². The first-order valence-electron chi connectivity index (χ1n) is 9.90. The fourth-order valence-electron chi connectivity index (χ4n) is 3.30. The standard InChI is InChI=1S/C23H23N3O7/c1-13-19(21(28)25-17-10-5-4-9-16(17)22(29)32-3)20(26-23(30)24-13)14-7-6-8-15(11-14)33-12-18(27)31-2/h4-11,20H,12H2,1-3H3,(H,25,28)(H2,24,26,30). The largest absolute Gasteiger partial charge is 0.482 e. The molecule has 3 rings (SSSR count). The molecule has 10 nitrogen and oxygen atoms in total.